The van der Waals surface area contributed by atoms with Gasteiger partial charge in [0, 0.05) is 18.8 Å². The quantitative estimate of drug-likeness (QED) is 0.396. The molecule has 0 aliphatic carbocycles. The number of fused-ring (bicyclic) bond motifs is 1. The van der Waals surface area contributed by atoms with Gasteiger partial charge in [-0.3, -0.25) is 9.59 Å². The molecule has 190 valence electrons. The van der Waals surface area contributed by atoms with Gasteiger partial charge in [0.05, 0.1) is 24.7 Å². The van der Waals surface area contributed by atoms with E-state index in [0.717, 1.165) is 16.8 Å². The lowest BCUT2D eigenvalue weighted by Crippen LogP contribution is -2.47. The largest absolute Gasteiger partial charge is 0.343 e. The van der Waals surface area contributed by atoms with Gasteiger partial charge in [-0.25, -0.2) is 9.37 Å². The van der Waals surface area contributed by atoms with E-state index in [9.17, 15) is 14.0 Å². The van der Waals surface area contributed by atoms with Crippen LogP contribution in [0.25, 0.3) is 5.65 Å². The summed E-state index contributed by atoms with van der Waals surface area (Å²) in [4.78, 5) is 32.6. The number of benzene rings is 2. The van der Waals surface area contributed by atoms with Gasteiger partial charge in [0.25, 0.3) is 0 Å². The van der Waals surface area contributed by atoms with Gasteiger partial charge in [-0.1, -0.05) is 74.5 Å². The van der Waals surface area contributed by atoms with Crippen molar-refractivity contribution in [1.29, 1.82) is 0 Å². The monoisotopic (exact) mass is 498 g/mol. The van der Waals surface area contributed by atoms with Crippen molar-refractivity contribution < 1.29 is 14.0 Å². The fourth-order valence-electron chi connectivity index (χ4n) is 5.00. The van der Waals surface area contributed by atoms with E-state index in [-0.39, 0.29) is 31.2 Å². The third kappa shape index (κ3) is 5.26. The zero-order valence-corrected chi connectivity index (χ0v) is 21.0. The number of hydrogen-bond donors (Lipinski definition) is 1. The van der Waals surface area contributed by atoms with Gasteiger partial charge in [0.15, 0.2) is 0 Å². The van der Waals surface area contributed by atoms with Crippen molar-refractivity contribution in [2.24, 2.45) is 0 Å². The van der Waals surface area contributed by atoms with Gasteiger partial charge in [-0.15, -0.1) is 0 Å². The molecule has 4 aromatic rings. The Morgan fingerprint density at radius 1 is 0.973 bits per heavy atom. The second-order valence-electron chi connectivity index (χ2n) is 9.92. The molecule has 37 heavy (non-hydrogen) atoms. The Hall–Kier alpha value is -4.00. The van der Waals surface area contributed by atoms with E-state index in [2.05, 4.69) is 36.3 Å². The molecule has 2 aromatic heterocycles. The molecule has 3 atom stereocenters. The number of hydrogen-bond acceptors (Lipinski definition) is 3. The maximum absolute atomic E-state index is 14.6. The Morgan fingerprint density at radius 2 is 1.65 bits per heavy atom. The maximum atomic E-state index is 14.6. The van der Waals surface area contributed by atoms with Gasteiger partial charge in [0.1, 0.15) is 17.9 Å². The smallest absolute Gasteiger partial charge is 0.243 e. The van der Waals surface area contributed by atoms with Crippen molar-refractivity contribution in [1.82, 2.24) is 19.6 Å². The zero-order valence-electron chi connectivity index (χ0n) is 21.0. The van der Waals surface area contributed by atoms with Crippen molar-refractivity contribution in [3.8, 4) is 0 Å². The van der Waals surface area contributed by atoms with Gasteiger partial charge in [-0.05, 0) is 34.7 Å². The minimum atomic E-state index is -1.25. The molecule has 1 fully saturated rings. The Labute approximate surface area is 216 Å². The molecule has 5 rings (SSSR count). The summed E-state index contributed by atoms with van der Waals surface area (Å²) in [5.41, 5.74) is 4.50. The fraction of sp³-hybridized carbons (Fsp3) is 0.300. The molecule has 1 N–H and O–H groups in total. The predicted octanol–water partition coefficient (Wildman–Crippen LogP) is 4.85. The van der Waals surface area contributed by atoms with Crippen LogP contribution in [0.5, 0.6) is 0 Å². The highest BCUT2D eigenvalue weighted by molar-refractivity contribution is 5.89. The molecule has 0 spiro atoms. The second kappa shape index (κ2) is 10.5. The predicted molar refractivity (Wildman–Crippen MR) is 141 cm³/mol. The number of nitrogens with one attached hydrogen (secondary N) is 1. The lowest BCUT2D eigenvalue weighted by molar-refractivity contribution is -0.138. The molecule has 2 amide bonds. The van der Waals surface area contributed by atoms with Crippen LogP contribution in [0.1, 0.15) is 54.6 Å². The third-order valence-corrected chi connectivity index (χ3v) is 7.05. The average molecular weight is 499 g/mol. The van der Waals surface area contributed by atoms with Crippen LogP contribution in [-0.4, -0.2) is 44.9 Å². The number of halogens is 1. The van der Waals surface area contributed by atoms with Crippen LogP contribution in [0.15, 0.2) is 85.2 Å². The van der Waals surface area contributed by atoms with Crippen LogP contribution >= 0.6 is 0 Å². The molecule has 1 aliphatic rings. The number of pyridine rings is 1. The first-order valence-corrected chi connectivity index (χ1v) is 12.7. The van der Waals surface area contributed by atoms with Crippen LogP contribution in [0.4, 0.5) is 4.39 Å². The summed E-state index contributed by atoms with van der Waals surface area (Å²) >= 11 is 0. The van der Waals surface area contributed by atoms with Crippen molar-refractivity contribution in [3.05, 3.63) is 108 Å². The summed E-state index contributed by atoms with van der Waals surface area (Å²) in [5.74, 6) is -0.247. The van der Waals surface area contributed by atoms with Gasteiger partial charge < -0.3 is 14.6 Å². The van der Waals surface area contributed by atoms with Crippen molar-refractivity contribution in [2.75, 3.05) is 6.54 Å². The number of likely N-dealkylation sites (tertiary alicyclic amines) is 1. The van der Waals surface area contributed by atoms with E-state index in [0.29, 0.717) is 11.6 Å². The van der Waals surface area contributed by atoms with Crippen LogP contribution in [0.3, 0.4) is 0 Å². The molecule has 2 aromatic carbocycles. The number of rotatable bonds is 7. The van der Waals surface area contributed by atoms with Gasteiger partial charge >= 0.3 is 0 Å². The summed E-state index contributed by atoms with van der Waals surface area (Å²) in [7, 11) is 0. The Morgan fingerprint density at radius 3 is 2.38 bits per heavy atom. The molecule has 3 heterocycles. The number of carbonyl (C=O) groups is 2. The van der Waals surface area contributed by atoms with Crippen LogP contribution in [0.2, 0.25) is 0 Å². The topological polar surface area (TPSA) is 66.7 Å². The summed E-state index contributed by atoms with van der Waals surface area (Å²) in [5, 5.41) is 3.12. The number of alkyl halides is 1. The summed E-state index contributed by atoms with van der Waals surface area (Å²) in [6.07, 6.45) is 2.27. The van der Waals surface area contributed by atoms with Crippen LogP contribution in [-0.2, 0) is 16.0 Å². The second-order valence-corrected chi connectivity index (χ2v) is 9.92. The summed E-state index contributed by atoms with van der Waals surface area (Å²) in [6.45, 7) is 4.18. The zero-order chi connectivity index (χ0) is 25.9. The minimum absolute atomic E-state index is 0.0154. The lowest BCUT2D eigenvalue weighted by atomic mass is 9.95. The first-order valence-electron chi connectivity index (χ1n) is 12.7. The van der Waals surface area contributed by atoms with Gasteiger partial charge in [-0.2, -0.15) is 0 Å². The van der Waals surface area contributed by atoms with Crippen molar-refractivity contribution in [3.63, 3.8) is 0 Å². The van der Waals surface area contributed by atoms with E-state index in [1.807, 2.05) is 71.3 Å². The number of imidazole rings is 1. The molecule has 0 saturated carbocycles. The lowest BCUT2D eigenvalue weighted by Gasteiger charge is -2.27. The maximum Gasteiger partial charge on any atom is 0.243 e. The highest BCUT2D eigenvalue weighted by Gasteiger charge is 2.40. The van der Waals surface area contributed by atoms with Crippen LogP contribution in [0, 0.1) is 0 Å². The molecular weight excluding hydrogens is 467 g/mol. The molecule has 0 radical (unpaired) electrons. The summed E-state index contributed by atoms with van der Waals surface area (Å²) < 4.78 is 16.4. The van der Waals surface area contributed by atoms with E-state index in [4.69, 9.17) is 0 Å². The first-order chi connectivity index (χ1) is 17.9. The van der Waals surface area contributed by atoms with E-state index in [1.54, 1.807) is 6.20 Å². The molecule has 6 nitrogen and oxygen atoms in total. The fourth-order valence-corrected chi connectivity index (χ4v) is 5.00. The molecule has 0 unspecified atom stereocenters. The minimum Gasteiger partial charge on any atom is -0.343 e. The molecule has 7 heteroatoms. The van der Waals surface area contributed by atoms with E-state index in [1.165, 1.54) is 10.5 Å². The van der Waals surface area contributed by atoms with Gasteiger partial charge in [0.2, 0.25) is 11.8 Å². The average Bonchev–Trinajstić information content (AvgIpc) is 3.51. The number of amides is 2. The Bertz CT molecular complexity index is 1380. The Kier molecular flexibility index (Phi) is 7.04. The molecule has 1 saturated heterocycles. The standard InChI is InChI=1S/C30H31FN4O2/c1-20(2)21-11-13-23(14-12-21)29(22-8-4-3-5-9-22)33-30(37)26-16-24(31)19-35(26)28(36)17-25-18-32-27-10-6-7-15-34(25)27/h3-15,18,20,24,26,29H,16-17,19H2,1-2H3,(H,33,37)/t24-,26+,29+/m1/s1. The normalized spacial score (nSPS) is 18.3. The number of aromatic nitrogens is 2. The molecule has 0 bridgehead atoms. The Balaban J connectivity index is 1.37. The van der Waals surface area contributed by atoms with E-state index < -0.39 is 18.3 Å². The number of nitrogens with zero attached hydrogens (tertiary/aromatic N) is 3. The summed E-state index contributed by atoms with van der Waals surface area (Å²) in [6, 6.07) is 22.2. The van der Waals surface area contributed by atoms with Crippen molar-refractivity contribution in [2.45, 2.75) is 50.9 Å². The van der Waals surface area contributed by atoms with Crippen LogP contribution < -0.4 is 5.32 Å². The first kappa shape index (κ1) is 24.7. The molecular formula is C30H31FN4O2. The van der Waals surface area contributed by atoms with Crippen molar-refractivity contribution >= 4 is 17.5 Å². The highest BCUT2D eigenvalue weighted by atomic mass is 19.1. The highest BCUT2D eigenvalue weighted by Crippen LogP contribution is 2.27. The SMILES string of the molecule is CC(C)c1ccc([C@@H](NC(=O)[C@@H]2C[C@@H](F)CN2C(=O)Cc2cnc3ccccn23)c2ccccc2)cc1. The third-order valence-electron chi connectivity index (χ3n) is 7.05. The molecule has 1 aliphatic heterocycles. The number of carbonyl (C=O) groups excluding carboxylic acids is 2. The van der Waals surface area contributed by atoms with E-state index >= 15 is 0 Å².